The number of hydroxylamine groups is 1. The van der Waals surface area contributed by atoms with E-state index in [-0.39, 0.29) is 24.3 Å². The van der Waals surface area contributed by atoms with E-state index in [9.17, 15) is 18.0 Å². The van der Waals surface area contributed by atoms with Crippen molar-refractivity contribution in [1.82, 2.24) is 20.6 Å². The molecule has 0 bridgehead atoms. The summed E-state index contributed by atoms with van der Waals surface area (Å²) in [6.45, 7) is 1.40. The van der Waals surface area contributed by atoms with E-state index in [2.05, 4.69) is 25.9 Å². The average molecular weight is 486 g/mol. The third kappa shape index (κ3) is 5.87. The van der Waals surface area contributed by atoms with Gasteiger partial charge >= 0.3 is 6.18 Å². The lowest BCUT2D eigenvalue weighted by molar-refractivity contribution is -0.138. The predicted molar refractivity (Wildman–Crippen MR) is 125 cm³/mol. The highest BCUT2D eigenvalue weighted by molar-refractivity contribution is 5.94. The zero-order valence-electron chi connectivity index (χ0n) is 19.0. The number of alkyl halides is 3. The van der Waals surface area contributed by atoms with Gasteiger partial charge in [0.1, 0.15) is 5.56 Å². The molecule has 1 saturated heterocycles. The van der Waals surface area contributed by atoms with Crippen LogP contribution in [0.2, 0.25) is 0 Å². The van der Waals surface area contributed by atoms with Crippen LogP contribution in [0.25, 0.3) is 0 Å². The number of nitrogens with zero attached hydrogens (tertiary/aromatic N) is 3. The first-order chi connectivity index (χ1) is 16.9. The minimum Gasteiger partial charge on any atom is -0.351 e. The number of carbonyl (C=O) groups is 1. The molecule has 2 heterocycles. The van der Waals surface area contributed by atoms with Gasteiger partial charge in [-0.3, -0.25) is 9.63 Å². The molecule has 3 aromatic rings. The van der Waals surface area contributed by atoms with Crippen molar-refractivity contribution in [1.29, 1.82) is 0 Å². The Labute approximate surface area is 200 Å². The van der Waals surface area contributed by atoms with Gasteiger partial charge in [-0.1, -0.05) is 30.3 Å². The summed E-state index contributed by atoms with van der Waals surface area (Å²) in [5.74, 6) is -0.610. The standard InChI is InChI=1S/C24H25F3N6O2/c1-28-12-13-29-22(34)17-7-9-18(10-8-17)31-23-30-15-19(24(25,26)27)21(32-23)33-20(11-14-35-33)16-5-3-2-4-6-16/h2-10,15,20,28H,11-14H2,1H3,(H,29,34)(H,30,31,32)/t20-/m0/s1. The summed E-state index contributed by atoms with van der Waals surface area (Å²) in [5.41, 5.74) is 0.815. The number of nitrogens with one attached hydrogen (secondary N) is 3. The fraction of sp³-hybridized carbons (Fsp3) is 0.292. The molecular weight excluding hydrogens is 461 g/mol. The van der Waals surface area contributed by atoms with Crippen molar-refractivity contribution < 1.29 is 22.8 Å². The molecule has 0 radical (unpaired) electrons. The van der Waals surface area contributed by atoms with E-state index in [0.29, 0.717) is 30.8 Å². The normalized spacial score (nSPS) is 15.8. The van der Waals surface area contributed by atoms with E-state index in [4.69, 9.17) is 4.84 Å². The molecule has 0 unspecified atom stereocenters. The van der Waals surface area contributed by atoms with Crippen LogP contribution in [0.4, 0.5) is 30.6 Å². The van der Waals surface area contributed by atoms with Crippen molar-refractivity contribution >= 4 is 23.4 Å². The average Bonchev–Trinajstić information content (AvgIpc) is 3.34. The minimum absolute atomic E-state index is 0.0264. The number of carbonyl (C=O) groups excluding carboxylic acids is 1. The van der Waals surface area contributed by atoms with E-state index in [1.807, 2.05) is 30.3 Å². The van der Waals surface area contributed by atoms with Gasteiger partial charge in [0.15, 0.2) is 5.82 Å². The molecule has 2 aromatic carbocycles. The fourth-order valence-corrected chi connectivity index (χ4v) is 3.69. The highest BCUT2D eigenvalue weighted by Crippen LogP contribution is 2.41. The smallest absolute Gasteiger partial charge is 0.351 e. The summed E-state index contributed by atoms with van der Waals surface area (Å²) in [5, 5.41) is 9.83. The van der Waals surface area contributed by atoms with Gasteiger partial charge in [-0.25, -0.2) is 10.0 Å². The van der Waals surface area contributed by atoms with Gasteiger partial charge in [-0.15, -0.1) is 0 Å². The highest BCUT2D eigenvalue weighted by Gasteiger charge is 2.40. The maximum absolute atomic E-state index is 13.8. The summed E-state index contributed by atoms with van der Waals surface area (Å²) in [6, 6.07) is 15.2. The van der Waals surface area contributed by atoms with Crippen LogP contribution < -0.4 is 21.0 Å². The molecule has 35 heavy (non-hydrogen) atoms. The number of benzene rings is 2. The molecule has 11 heteroatoms. The Balaban J connectivity index is 1.57. The minimum atomic E-state index is -4.66. The second-order valence-electron chi connectivity index (χ2n) is 7.86. The van der Waals surface area contributed by atoms with Crippen LogP contribution in [0.5, 0.6) is 0 Å². The number of anilines is 3. The van der Waals surface area contributed by atoms with Gasteiger partial charge < -0.3 is 16.0 Å². The van der Waals surface area contributed by atoms with Crippen LogP contribution in [-0.2, 0) is 11.0 Å². The van der Waals surface area contributed by atoms with Gasteiger partial charge in [0.05, 0.1) is 12.6 Å². The number of amides is 1. The van der Waals surface area contributed by atoms with Crippen molar-refractivity contribution in [3.8, 4) is 0 Å². The van der Waals surface area contributed by atoms with Crippen molar-refractivity contribution in [2.75, 3.05) is 37.1 Å². The SMILES string of the molecule is CNCCNC(=O)c1ccc(Nc2ncc(C(F)(F)F)c(N3OCC[C@H]3c3ccccc3)n2)cc1. The third-order valence-electron chi connectivity index (χ3n) is 5.44. The molecule has 0 saturated carbocycles. The van der Waals surface area contributed by atoms with E-state index in [1.165, 1.54) is 5.06 Å². The second-order valence-corrected chi connectivity index (χ2v) is 7.86. The number of aromatic nitrogens is 2. The molecule has 1 aliphatic heterocycles. The molecule has 8 nitrogen and oxygen atoms in total. The second kappa shape index (κ2) is 10.7. The summed E-state index contributed by atoms with van der Waals surface area (Å²) in [7, 11) is 1.79. The Hall–Kier alpha value is -3.70. The third-order valence-corrected chi connectivity index (χ3v) is 5.44. The maximum atomic E-state index is 13.8. The molecule has 184 valence electrons. The lowest BCUT2D eigenvalue weighted by Crippen LogP contribution is -2.30. The van der Waals surface area contributed by atoms with Crippen LogP contribution >= 0.6 is 0 Å². The molecule has 4 rings (SSSR count). The molecule has 3 N–H and O–H groups in total. The van der Waals surface area contributed by atoms with Crippen molar-refractivity contribution in [2.45, 2.75) is 18.6 Å². The number of likely N-dealkylation sites (N-methyl/N-ethyl adjacent to an activating group) is 1. The largest absolute Gasteiger partial charge is 0.421 e. The predicted octanol–water partition coefficient (Wildman–Crippen LogP) is 4.07. The van der Waals surface area contributed by atoms with Gasteiger partial charge in [0.25, 0.3) is 5.91 Å². The molecule has 0 aliphatic carbocycles. The molecule has 1 amide bonds. The maximum Gasteiger partial charge on any atom is 0.421 e. The molecule has 1 aromatic heterocycles. The fourth-order valence-electron chi connectivity index (χ4n) is 3.69. The van der Waals surface area contributed by atoms with Crippen LogP contribution in [0.3, 0.4) is 0 Å². The Morgan fingerprint density at radius 1 is 1.11 bits per heavy atom. The summed E-state index contributed by atoms with van der Waals surface area (Å²) >= 11 is 0. The van der Waals surface area contributed by atoms with Crippen LogP contribution in [0.1, 0.15) is 33.9 Å². The quantitative estimate of drug-likeness (QED) is 0.414. The zero-order chi connectivity index (χ0) is 24.8. The summed E-state index contributed by atoms with van der Waals surface area (Å²) in [6.07, 6.45) is -3.40. The first kappa shape index (κ1) is 24.4. The van der Waals surface area contributed by atoms with Crippen LogP contribution in [-0.4, -0.2) is 42.6 Å². The Kier molecular flexibility index (Phi) is 7.47. The number of rotatable bonds is 8. The summed E-state index contributed by atoms with van der Waals surface area (Å²) in [4.78, 5) is 25.8. The molecule has 0 spiro atoms. The molecular formula is C24H25F3N6O2. The lowest BCUT2D eigenvalue weighted by Gasteiger charge is -2.26. The van der Waals surface area contributed by atoms with Gasteiger partial charge in [-0.05, 0) is 36.9 Å². The Morgan fingerprint density at radius 2 is 1.86 bits per heavy atom. The Morgan fingerprint density at radius 3 is 2.54 bits per heavy atom. The molecule has 1 fully saturated rings. The van der Waals surface area contributed by atoms with Crippen LogP contribution in [0.15, 0.2) is 60.8 Å². The number of hydrogen-bond donors (Lipinski definition) is 3. The first-order valence-corrected chi connectivity index (χ1v) is 11.1. The van der Waals surface area contributed by atoms with Crippen molar-refractivity contribution in [3.63, 3.8) is 0 Å². The highest BCUT2D eigenvalue weighted by atomic mass is 19.4. The van der Waals surface area contributed by atoms with E-state index < -0.39 is 17.8 Å². The lowest BCUT2D eigenvalue weighted by atomic mass is 10.0. The topological polar surface area (TPSA) is 91.4 Å². The van der Waals surface area contributed by atoms with E-state index in [0.717, 1.165) is 11.8 Å². The van der Waals surface area contributed by atoms with Gasteiger partial charge in [-0.2, -0.15) is 18.2 Å². The molecule has 1 atom stereocenters. The molecule has 1 aliphatic rings. The van der Waals surface area contributed by atoms with Crippen LogP contribution in [0, 0.1) is 0 Å². The summed E-state index contributed by atoms with van der Waals surface area (Å²) < 4.78 is 41.4. The van der Waals surface area contributed by atoms with Crippen molar-refractivity contribution in [3.05, 3.63) is 77.5 Å². The number of hydrogen-bond acceptors (Lipinski definition) is 7. The zero-order valence-corrected chi connectivity index (χ0v) is 19.0. The monoisotopic (exact) mass is 486 g/mol. The van der Waals surface area contributed by atoms with Gasteiger partial charge in [0.2, 0.25) is 5.95 Å². The number of halogens is 3. The van der Waals surface area contributed by atoms with E-state index >= 15 is 0 Å². The van der Waals surface area contributed by atoms with Gasteiger partial charge in [0, 0.05) is 37.0 Å². The first-order valence-electron chi connectivity index (χ1n) is 11.1. The van der Waals surface area contributed by atoms with E-state index in [1.54, 1.807) is 31.3 Å². The van der Waals surface area contributed by atoms with Crippen molar-refractivity contribution in [2.24, 2.45) is 0 Å². The Bertz CT molecular complexity index is 1140.